The number of para-hydroxylation sites is 1. The Bertz CT molecular complexity index is 1260. The van der Waals surface area contributed by atoms with E-state index in [-0.39, 0.29) is 12.4 Å². The molecule has 2 heterocycles. The van der Waals surface area contributed by atoms with Gasteiger partial charge in [-0.15, -0.1) is 10.2 Å². The molecule has 0 unspecified atom stereocenters. The average molecular weight is 452 g/mol. The number of nitrogens with one attached hydrogen (secondary N) is 1. The van der Waals surface area contributed by atoms with Gasteiger partial charge in [-0.2, -0.15) is 0 Å². The molecule has 0 atom stereocenters. The van der Waals surface area contributed by atoms with E-state index in [1.807, 2.05) is 29.7 Å². The van der Waals surface area contributed by atoms with Gasteiger partial charge in [-0.3, -0.25) is 9.29 Å². The first-order valence-electron chi connectivity index (χ1n) is 9.79. The Balaban J connectivity index is 1.31. The summed E-state index contributed by atoms with van der Waals surface area (Å²) < 4.78 is 40.0. The summed E-state index contributed by atoms with van der Waals surface area (Å²) in [5.41, 5.74) is 0.425. The molecule has 4 rings (SSSR count). The van der Waals surface area contributed by atoms with Gasteiger partial charge in [0.05, 0.1) is 0 Å². The van der Waals surface area contributed by atoms with Crippen LogP contribution in [0.1, 0.15) is 5.82 Å². The third kappa shape index (κ3) is 5.61. The Labute approximate surface area is 185 Å². The maximum atomic E-state index is 12.3. The highest BCUT2D eigenvalue weighted by atomic mass is 32.2. The summed E-state index contributed by atoms with van der Waals surface area (Å²) in [5.74, 6) is 2.71. The van der Waals surface area contributed by atoms with Crippen LogP contribution in [0.25, 0.3) is 5.82 Å². The molecule has 1 N–H and O–H groups in total. The van der Waals surface area contributed by atoms with Crippen molar-refractivity contribution in [1.82, 2.24) is 19.7 Å². The second kappa shape index (κ2) is 9.48. The second-order valence-corrected chi connectivity index (χ2v) is 8.62. The number of hydrogen-bond acceptors (Lipinski definition) is 7. The van der Waals surface area contributed by atoms with E-state index in [2.05, 4.69) is 19.9 Å². The van der Waals surface area contributed by atoms with Crippen LogP contribution in [0.4, 0.5) is 5.69 Å². The number of nitrogens with zero attached hydrogens (tertiary/aromatic N) is 4. The summed E-state index contributed by atoms with van der Waals surface area (Å²) in [6.07, 6.45) is 3.49. The van der Waals surface area contributed by atoms with Crippen LogP contribution in [0.15, 0.2) is 79.1 Å². The summed E-state index contributed by atoms with van der Waals surface area (Å²) in [5, 5.41) is 8.20. The van der Waals surface area contributed by atoms with Crippen LogP contribution in [0.3, 0.4) is 0 Å². The molecule has 0 aliphatic rings. The summed E-state index contributed by atoms with van der Waals surface area (Å²) in [4.78, 5) is 4.16. The number of imidazole rings is 1. The van der Waals surface area contributed by atoms with Gasteiger partial charge in [0.25, 0.3) is 0 Å². The van der Waals surface area contributed by atoms with Crippen molar-refractivity contribution in [2.24, 2.45) is 0 Å². The third-order valence-electron chi connectivity index (χ3n) is 4.41. The van der Waals surface area contributed by atoms with E-state index in [0.29, 0.717) is 28.9 Å². The molecule has 0 saturated carbocycles. The standard InChI is InChI=1S/C22H21N5O4S/c1-17-23-13-14-27(17)21-11-12-22(25-24-21)31-20-9-7-18(8-10-20)26-32(28,29)16-15-30-19-5-3-2-4-6-19/h2-14,26H,15-16H2,1H3. The molecular weight excluding hydrogens is 430 g/mol. The maximum absolute atomic E-state index is 12.3. The molecule has 4 aromatic rings. The normalized spacial score (nSPS) is 11.2. The van der Waals surface area contributed by atoms with Crippen LogP contribution in [0.2, 0.25) is 0 Å². The highest BCUT2D eigenvalue weighted by molar-refractivity contribution is 7.92. The molecule has 10 heteroatoms. The lowest BCUT2D eigenvalue weighted by atomic mass is 10.3. The van der Waals surface area contributed by atoms with Gasteiger partial charge in [0.2, 0.25) is 15.9 Å². The van der Waals surface area contributed by atoms with Crippen molar-refractivity contribution >= 4 is 15.7 Å². The van der Waals surface area contributed by atoms with Crippen LogP contribution < -0.4 is 14.2 Å². The number of aromatic nitrogens is 4. The molecule has 164 valence electrons. The first-order chi connectivity index (χ1) is 15.5. The summed E-state index contributed by atoms with van der Waals surface area (Å²) in [6.45, 7) is 1.92. The Hall–Kier alpha value is -3.92. The van der Waals surface area contributed by atoms with Gasteiger partial charge in [0.1, 0.15) is 29.7 Å². The van der Waals surface area contributed by atoms with Crippen LogP contribution in [0.5, 0.6) is 17.4 Å². The molecule has 0 fully saturated rings. The fraction of sp³-hybridized carbons (Fsp3) is 0.136. The first-order valence-corrected chi connectivity index (χ1v) is 11.4. The smallest absolute Gasteiger partial charge is 0.238 e. The molecule has 0 radical (unpaired) electrons. The van der Waals surface area contributed by atoms with Crippen molar-refractivity contribution in [2.45, 2.75) is 6.92 Å². The zero-order valence-corrected chi connectivity index (χ0v) is 18.1. The number of rotatable bonds is 9. The molecule has 0 saturated heterocycles. The van der Waals surface area contributed by atoms with Crippen molar-refractivity contribution in [3.05, 3.63) is 84.9 Å². The van der Waals surface area contributed by atoms with Crippen LogP contribution in [0, 0.1) is 6.92 Å². The van der Waals surface area contributed by atoms with Gasteiger partial charge in [0, 0.05) is 24.1 Å². The van der Waals surface area contributed by atoms with Gasteiger partial charge < -0.3 is 9.47 Å². The topological polar surface area (TPSA) is 108 Å². The summed E-state index contributed by atoms with van der Waals surface area (Å²) in [6, 6.07) is 19.1. The second-order valence-electron chi connectivity index (χ2n) is 6.78. The zero-order valence-electron chi connectivity index (χ0n) is 17.2. The van der Waals surface area contributed by atoms with E-state index in [4.69, 9.17) is 9.47 Å². The van der Waals surface area contributed by atoms with Gasteiger partial charge >= 0.3 is 0 Å². The van der Waals surface area contributed by atoms with Crippen molar-refractivity contribution in [2.75, 3.05) is 17.1 Å². The predicted molar refractivity (Wildman–Crippen MR) is 120 cm³/mol. The Morgan fingerprint density at radius 2 is 1.72 bits per heavy atom. The Kier molecular flexibility index (Phi) is 6.31. The number of sulfonamides is 1. The van der Waals surface area contributed by atoms with E-state index in [1.165, 1.54) is 0 Å². The molecule has 2 aromatic heterocycles. The number of anilines is 1. The summed E-state index contributed by atoms with van der Waals surface area (Å²) in [7, 11) is -3.55. The van der Waals surface area contributed by atoms with Gasteiger partial charge in [-0.1, -0.05) is 18.2 Å². The van der Waals surface area contributed by atoms with Crippen LogP contribution in [-0.2, 0) is 10.0 Å². The molecule has 2 aromatic carbocycles. The molecular formula is C22H21N5O4S. The Morgan fingerprint density at radius 3 is 2.38 bits per heavy atom. The minimum atomic E-state index is -3.55. The summed E-state index contributed by atoms with van der Waals surface area (Å²) >= 11 is 0. The minimum absolute atomic E-state index is 0.0494. The van der Waals surface area contributed by atoms with Crippen molar-refractivity contribution in [3.8, 4) is 23.2 Å². The molecule has 0 bridgehead atoms. The first kappa shape index (κ1) is 21.3. The van der Waals surface area contributed by atoms with E-state index in [9.17, 15) is 8.42 Å². The number of benzene rings is 2. The van der Waals surface area contributed by atoms with Crippen LogP contribution in [-0.4, -0.2) is 40.5 Å². The highest BCUT2D eigenvalue weighted by Gasteiger charge is 2.11. The lowest BCUT2D eigenvalue weighted by Gasteiger charge is -2.10. The third-order valence-corrected chi connectivity index (χ3v) is 5.66. The van der Waals surface area contributed by atoms with Gasteiger partial charge in [0.15, 0.2) is 5.82 Å². The largest absolute Gasteiger partial charge is 0.492 e. The number of hydrogen-bond donors (Lipinski definition) is 1. The molecule has 32 heavy (non-hydrogen) atoms. The van der Waals surface area contributed by atoms with Crippen molar-refractivity contribution in [3.63, 3.8) is 0 Å². The number of aryl methyl sites for hydroxylation is 1. The predicted octanol–water partition coefficient (Wildman–Crippen LogP) is 3.58. The Morgan fingerprint density at radius 1 is 0.938 bits per heavy atom. The van der Waals surface area contributed by atoms with Gasteiger partial charge in [-0.25, -0.2) is 13.4 Å². The fourth-order valence-electron chi connectivity index (χ4n) is 2.84. The monoisotopic (exact) mass is 451 g/mol. The molecule has 0 amide bonds. The highest BCUT2D eigenvalue weighted by Crippen LogP contribution is 2.22. The lowest BCUT2D eigenvalue weighted by molar-refractivity contribution is 0.341. The van der Waals surface area contributed by atoms with Crippen molar-refractivity contribution in [1.29, 1.82) is 0 Å². The maximum Gasteiger partial charge on any atom is 0.238 e. The minimum Gasteiger partial charge on any atom is -0.492 e. The quantitative estimate of drug-likeness (QED) is 0.414. The average Bonchev–Trinajstić information content (AvgIpc) is 3.22. The van der Waals surface area contributed by atoms with E-state index in [0.717, 1.165) is 5.82 Å². The molecule has 9 nitrogen and oxygen atoms in total. The lowest BCUT2D eigenvalue weighted by Crippen LogP contribution is -2.21. The SMILES string of the molecule is Cc1nccn1-c1ccc(Oc2ccc(NS(=O)(=O)CCOc3ccccc3)cc2)nn1. The van der Waals surface area contributed by atoms with E-state index >= 15 is 0 Å². The van der Waals surface area contributed by atoms with Gasteiger partial charge in [-0.05, 0) is 49.4 Å². The molecule has 0 aliphatic heterocycles. The molecule has 0 aliphatic carbocycles. The van der Waals surface area contributed by atoms with E-state index in [1.54, 1.807) is 60.9 Å². The molecule has 0 spiro atoms. The fourth-order valence-corrected chi connectivity index (χ4v) is 3.74. The van der Waals surface area contributed by atoms with Crippen molar-refractivity contribution < 1.29 is 17.9 Å². The van der Waals surface area contributed by atoms with Crippen LogP contribution >= 0.6 is 0 Å². The zero-order chi connectivity index (χ0) is 22.4. The number of ether oxygens (including phenoxy) is 2. The van der Waals surface area contributed by atoms with E-state index < -0.39 is 10.0 Å².